The zero-order valence-corrected chi connectivity index (χ0v) is 11.6. The fourth-order valence-electron chi connectivity index (χ4n) is 2.74. The van der Waals surface area contributed by atoms with Gasteiger partial charge < -0.3 is 10.4 Å². The zero-order valence-electron chi connectivity index (χ0n) is 11.6. The smallest absolute Gasteiger partial charge is 0.224 e. The van der Waals surface area contributed by atoms with Crippen molar-refractivity contribution in [3.05, 3.63) is 29.8 Å². The van der Waals surface area contributed by atoms with Crippen molar-refractivity contribution in [2.45, 2.75) is 51.5 Å². The Morgan fingerprint density at radius 2 is 2.05 bits per heavy atom. The number of carbonyl (C=O) groups is 1. The second kappa shape index (κ2) is 6.60. The van der Waals surface area contributed by atoms with Gasteiger partial charge in [-0.3, -0.25) is 4.79 Å². The third kappa shape index (κ3) is 4.27. The summed E-state index contributed by atoms with van der Waals surface area (Å²) in [5.41, 5.74) is 0.696. The van der Waals surface area contributed by atoms with E-state index in [-0.39, 0.29) is 18.1 Å². The maximum Gasteiger partial charge on any atom is 0.224 e. The van der Waals surface area contributed by atoms with E-state index in [0.29, 0.717) is 11.6 Å². The molecule has 2 N–H and O–H groups in total. The van der Waals surface area contributed by atoms with Crippen LogP contribution in [0.5, 0.6) is 5.75 Å². The lowest BCUT2D eigenvalue weighted by molar-refractivity contribution is -0.121. The van der Waals surface area contributed by atoms with E-state index in [2.05, 4.69) is 12.2 Å². The fraction of sp³-hybridized carbons (Fsp3) is 0.562. The van der Waals surface area contributed by atoms with Gasteiger partial charge in [-0.15, -0.1) is 0 Å². The van der Waals surface area contributed by atoms with Crippen LogP contribution in [0.4, 0.5) is 0 Å². The highest BCUT2D eigenvalue weighted by molar-refractivity contribution is 5.79. The summed E-state index contributed by atoms with van der Waals surface area (Å²) in [5, 5.41) is 12.8. The molecular weight excluding hydrogens is 238 g/mol. The zero-order chi connectivity index (χ0) is 13.7. The number of carbonyl (C=O) groups excluding carboxylic acids is 1. The lowest BCUT2D eigenvalue weighted by Crippen LogP contribution is -2.35. The molecule has 1 aromatic carbocycles. The van der Waals surface area contributed by atoms with Crippen LogP contribution in [0.25, 0.3) is 0 Å². The number of aromatic hydroxyl groups is 1. The summed E-state index contributed by atoms with van der Waals surface area (Å²) >= 11 is 0. The first-order valence-electron chi connectivity index (χ1n) is 7.21. The molecule has 1 fully saturated rings. The van der Waals surface area contributed by atoms with Gasteiger partial charge in [-0.1, -0.05) is 38.0 Å². The number of hydrogen-bond donors (Lipinski definition) is 2. The standard InChI is InChI=1S/C16H23NO2/c1-12-5-4-7-14(10-9-12)17-16(19)11-13-6-2-3-8-15(13)18/h2-3,6,8,12,14,18H,4-5,7,9-11H2,1H3,(H,17,19). The van der Waals surface area contributed by atoms with Crippen molar-refractivity contribution in [3.8, 4) is 5.75 Å². The molecule has 0 aromatic heterocycles. The van der Waals surface area contributed by atoms with Crippen molar-refractivity contribution in [1.29, 1.82) is 0 Å². The third-order valence-electron chi connectivity index (χ3n) is 3.97. The molecule has 0 radical (unpaired) electrons. The minimum absolute atomic E-state index is 0.0149. The van der Waals surface area contributed by atoms with E-state index in [1.54, 1.807) is 18.2 Å². The highest BCUT2D eigenvalue weighted by atomic mass is 16.3. The van der Waals surface area contributed by atoms with E-state index < -0.39 is 0 Å². The second-order valence-electron chi connectivity index (χ2n) is 5.68. The number of hydrogen-bond acceptors (Lipinski definition) is 2. The van der Waals surface area contributed by atoms with E-state index in [1.807, 2.05) is 6.07 Å². The Balaban J connectivity index is 1.86. The van der Waals surface area contributed by atoms with Crippen molar-refractivity contribution < 1.29 is 9.90 Å². The van der Waals surface area contributed by atoms with Crippen LogP contribution in [0, 0.1) is 5.92 Å². The first kappa shape index (κ1) is 13.9. The number of phenols is 1. The molecule has 1 aliphatic carbocycles. The van der Waals surface area contributed by atoms with Gasteiger partial charge in [-0.05, 0) is 31.2 Å². The van der Waals surface area contributed by atoms with Crippen molar-refractivity contribution in [2.24, 2.45) is 5.92 Å². The average Bonchev–Trinajstić information content (AvgIpc) is 2.57. The SMILES string of the molecule is CC1CCCC(NC(=O)Cc2ccccc2O)CC1. The topological polar surface area (TPSA) is 49.3 Å². The molecule has 3 nitrogen and oxygen atoms in total. The molecule has 104 valence electrons. The molecule has 1 amide bonds. The van der Waals surface area contributed by atoms with E-state index >= 15 is 0 Å². The maximum atomic E-state index is 12.0. The molecule has 19 heavy (non-hydrogen) atoms. The Hall–Kier alpha value is -1.51. The van der Waals surface area contributed by atoms with E-state index in [9.17, 15) is 9.90 Å². The van der Waals surface area contributed by atoms with Crippen molar-refractivity contribution in [2.75, 3.05) is 0 Å². The highest BCUT2D eigenvalue weighted by Gasteiger charge is 2.18. The van der Waals surface area contributed by atoms with Gasteiger partial charge in [0.1, 0.15) is 5.75 Å². The maximum absolute atomic E-state index is 12.0. The van der Waals surface area contributed by atoms with E-state index in [0.717, 1.165) is 18.8 Å². The van der Waals surface area contributed by atoms with Gasteiger partial charge in [0.25, 0.3) is 0 Å². The summed E-state index contributed by atoms with van der Waals surface area (Å²) in [4.78, 5) is 12.0. The molecule has 3 heteroatoms. The van der Waals surface area contributed by atoms with Gasteiger partial charge in [0, 0.05) is 11.6 Å². The highest BCUT2D eigenvalue weighted by Crippen LogP contribution is 2.23. The van der Waals surface area contributed by atoms with Gasteiger partial charge >= 0.3 is 0 Å². The second-order valence-corrected chi connectivity index (χ2v) is 5.68. The van der Waals surface area contributed by atoms with E-state index in [1.165, 1.54) is 19.3 Å². The summed E-state index contributed by atoms with van der Waals surface area (Å²) in [7, 11) is 0. The Bertz CT molecular complexity index is 431. The van der Waals surface area contributed by atoms with Gasteiger partial charge in [0.05, 0.1) is 6.42 Å². The van der Waals surface area contributed by atoms with Gasteiger partial charge in [0.2, 0.25) is 5.91 Å². The molecule has 0 aliphatic heterocycles. The molecule has 1 aromatic rings. The Labute approximate surface area is 115 Å². The summed E-state index contributed by atoms with van der Waals surface area (Å²) < 4.78 is 0. The number of rotatable bonds is 3. The molecule has 0 saturated heterocycles. The third-order valence-corrected chi connectivity index (χ3v) is 3.97. The molecule has 2 atom stereocenters. The summed E-state index contributed by atoms with van der Waals surface area (Å²) in [6, 6.07) is 7.34. The molecule has 1 saturated carbocycles. The number of benzene rings is 1. The van der Waals surface area contributed by atoms with Crippen molar-refractivity contribution in [1.82, 2.24) is 5.32 Å². The first-order chi connectivity index (χ1) is 9.15. The molecular formula is C16H23NO2. The Morgan fingerprint density at radius 3 is 2.84 bits per heavy atom. The van der Waals surface area contributed by atoms with E-state index in [4.69, 9.17) is 0 Å². The van der Waals surface area contributed by atoms with Crippen molar-refractivity contribution >= 4 is 5.91 Å². The molecule has 1 aliphatic rings. The quantitative estimate of drug-likeness (QED) is 0.822. The van der Waals surface area contributed by atoms with Crippen LogP contribution < -0.4 is 5.32 Å². The Kier molecular flexibility index (Phi) is 4.83. The Morgan fingerprint density at radius 1 is 1.26 bits per heavy atom. The number of nitrogens with one attached hydrogen (secondary N) is 1. The lowest BCUT2D eigenvalue weighted by Gasteiger charge is -2.16. The van der Waals surface area contributed by atoms with Gasteiger partial charge in [-0.2, -0.15) is 0 Å². The van der Waals surface area contributed by atoms with Crippen molar-refractivity contribution in [3.63, 3.8) is 0 Å². The molecule has 0 bridgehead atoms. The largest absolute Gasteiger partial charge is 0.508 e. The minimum Gasteiger partial charge on any atom is -0.508 e. The molecule has 0 heterocycles. The summed E-state index contributed by atoms with van der Waals surface area (Å²) in [6.45, 7) is 2.28. The molecule has 0 spiro atoms. The predicted octanol–water partition coefficient (Wildman–Crippen LogP) is 3.02. The minimum atomic E-state index is 0.0149. The van der Waals surface area contributed by atoms with Crippen LogP contribution in [0.15, 0.2) is 24.3 Å². The average molecular weight is 261 g/mol. The van der Waals surface area contributed by atoms with Crippen LogP contribution in [0.3, 0.4) is 0 Å². The van der Waals surface area contributed by atoms with Crippen LogP contribution in [-0.2, 0) is 11.2 Å². The molecule has 2 rings (SSSR count). The fourth-order valence-corrected chi connectivity index (χ4v) is 2.74. The monoisotopic (exact) mass is 261 g/mol. The van der Waals surface area contributed by atoms with Gasteiger partial charge in [0.15, 0.2) is 0 Å². The normalized spacial score (nSPS) is 23.6. The van der Waals surface area contributed by atoms with Crippen LogP contribution in [-0.4, -0.2) is 17.1 Å². The number of para-hydroxylation sites is 1. The lowest BCUT2D eigenvalue weighted by atomic mass is 10.0. The van der Waals surface area contributed by atoms with Gasteiger partial charge in [-0.25, -0.2) is 0 Å². The first-order valence-corrected chi connectivity index (χ1v) is 7.21. The van der Waals surface area contributed by atoms with Crippen LogP contribution in [0.1, 0.15) is 44.6 Å². The summed E-state index contributed by atoms with van der Waals surface area (Å²) in [6.07, 6.45) is 6.08. The number of amides is 1. The summed E-state index contributed by atoms with van der Waals surface area (Å²) in [5.74, 6) is 0.994. The number of phenolic OH excluding ortho intramolecular Hbond substituents is 1. The van der Waals surface area contributed by atoms with Crippen LogP contribution in [0.2, 0.25) is 0 Å². The van der Waals surface area contributed by atoms with Crippen LogP contribution >= 0.6 is 0 Å². The molecule has 2 unspecified atom stereocenters. The predicted molar refractivity (Wildman–Crippen MR) is 76.0 cm³/mol.